The molecule has 20 heavy (non-hydrogen) atoms. The predicted octanol–water partition coefficient (Wildman–Crippen LogP) is 0.558. The highest BCUT2D eigenvalue weighted by Crippen LogP contribution is 2.01. The number of morpholine rings is 1. The zero-order valence-corrected chi connectivity index (χ0v) is 12.4. The van der Waals surface area contributed by atoms with Gasteiger partial charge in [0.25, 0.3) is 0 Å². The second kappa shape index (κ2) is 10.6. The molecule has 0 bridgehead atoms. The second-order valence-electron chi connectivity index (χ2n) is 4.76. The topological polar surface area (TPSA) is 67.9 Å². The Hall–Kier alpha value is -1.14. The first-order valence-electron chi connectivity index (χ1n) is 7.46. The average molecular weight is 286 g/mol. The molecule has 1 N–H and O–H groups in total. The number of nitrogens with zero attached hydrogens (tertiary/aromatic N) is 1. The van der Waals surface area contributed by atoms with Crippen LogP contribution in [-0.2, 0) is 19.1 Å². The van der Waals surface area contributed by atoms with E-state index in [1.54, 1.807) is 0 Å². The number of ether oxygens (including phenoxy) is 2. The van der Waals surface area contributed by atoms with Crippen molar-refractivity contribution in [3.8, 4) is 0 Å². The summed E-state index contributed by atoms with van der Waals surface area (Å²) in [6.07, 6.45) is 2.63. The van der Waals surface area contributed by atoms with Crippen LogP contribution < -0.4 is 5.32 Å². The minimum absolute atomic E-state index is 0.142. The van der Waals surface area contributed by atoms with Crippen LogP contribution in [-0.4, -0.2) is 62.8 Å². The number of carbonyl (C=O) groups is 2. The summed E-state index contributed by atoms with van der Waals surface area (Å²) >= 11 is 0. The van der Waals surface area contributed by atoms with Crippen molar-refractivity contribution in [1.29, 1.82) is 0 Å². The lowest BCUT2D eigenvalue weighted by atomic mass is 10.2. The van der Waals surface area contributed by atoms with Crippen LogP contribution in [0.3, 0.4) is 0 Å². The lowest BCUT2D eigenvalue weighted by Gasteiger charge is -2.26. The monoisotopic (exact) mass is 286 g/mol. The summed E-state index contributed by atoms with van der Waals surface area (Å²) < 4.78 is 10.1. The van der Waals surface area contributed by atoms with Gasteiger partial charge in [0.2, 0.25) is 5.91 Å². The number of esters is 1. The third-order valence-electron chi connectivity index (χ3n) is 3.15. The number of carbonyl (C=O) groups excluding carboxylic acids is 2. The third kappa shape index (κ3) is 7.45. The van der Waals surface area contributed by atoms with Gasteiger partial charge in [0, 0.05) is 25.9 Å². The zero-order valence-electron chi connectivity index (χ0n) is 12.4. The molecule has 0 radical (unpaired) electrons. The largest absolute Gasteiger partial charge is 0.466 e. The first-order chi connectivity index (χ1) is 9.74. The van der Waals surface area contributed by atoms with Crippen LogP contribution in [0.1, 0.15) is 32.6 Å². The lowest BCUT2D eigenvalue weighted by molar-refractivity contribution is -0.143. The molecule has 0 saturated carbocycles. The molecule has 1 saturated heterocycles. The molecule has 0 aromatic carbocycles. The normalized spacial score (nSPS) is 15.2. The lowest BCUT2D eigenvalue weighted by Crippen LogP contribution is -2.40. The summed E-state index contributed by atoms with van der Waals surface area (Å²) in [6.45, 7) is 6.56. The van der Waals surface area contributed by atoms with E-state index in [4.69, 9.17) is 9.47 Å². The van der Waals surface area contributed by atoms with Crippen molar-refractivity contribution in [1.82, 2.24) is 10.2 Å². The number of amides is 1. The minimum Gasteiger partial charge on any atom is -0.466 e. The van der Waals surface area contributed by atoms with Gasteiger partial charge in [-0.25, -0.2) is 0 Å². The molecular formula is C14H26N2O4. The molecule has 0 spiro atoms. The van der Waals surface area contributed by atoms with Crippen LogP contribution >= 0.6 is 0 Å². The molecule has 0 aromatic heterocycles. The van der Waals surface area contributed by atoms with Crippen LogP contribution in [0.15, 0.2) is 0 Å². The number of hydrogen-bond acceptors (Lipinski definition) is 5. The average Bonchev–Trinajstić information content (AvgIpc) is 2.47. The molecule has 0 aliphatic carbocycles. The minimum atomic E-state index is -0.142. The van der Waals surface area contributed by atoms with E-state index < -0.39 is 0 Å². The van der Waals surface area contributed by atoms with E-state index in [0.29, 0.717) is 45.8 Å². The van der Waals surface area contributed by atoms with E-state index in [9.17, 15) is 9.59 Å². The summed E-state index contributed by atoms with van der Waals surface area (Å²) in [5, 5.41) is 3.24. The van der Waals surface area contributed by atoms with Crippen molar-refractivity contribution in [2.45, 2.75) is 32.6 Å². The molecule has 0 unspecified atom stereocenters. The molecular weight excluding hydrogens is 260 g/mol. The Morgan fingerprint density at radius 3 is 2.45 bits per heavy atom. The summed E-state index contributed by atoms with van der Waals surface area (Å²) in [5.74, 6) is 0.0680. The number of rotatable bonds is 9. The van der Waals surface area contributed by atoms with Crippen molar-refractivity contribution in [2.24, 2.45) is 0 Å². The molecule has 1 rings (SSSR count). The fraction of sp³-hybridized carbons (Fsp3) is 0.857. The van der Waals surface area contributed by atoms with Crippen molar-refractivity contribution in [3.63, 3.8) is 0 Å². The molecule has 1 fully saturated rings. The molecule has 1 amide bonds. The van der Waals surface area contributed by atoms with Gasteiger partial charge in [-0.2, -0.15) is 0 Å². The Morgan fingerprint density at radius 1 is 1.15 bits per heavy atom. The van der Waals surface area contributed by atoms with E-state index in [2.05, 4.69) is 5.32 Å². The molecule has 116 valence electrons. The maximum Gasteiger partial charge on any atom is 0.305 e. The quantitative estimate of drug-likeness (QED) is 0.495. The zero-order chi connectivity index (χ0) is 14.6. The maximum absolute atomic E-state index is 11.8. The second-order valence-corrected chi connectivity index (χ2v) is 4.76. The molecule has 0 aromatic rings. The molecule has 6 nitrogen and oxygen atoms in total. The van der Waals surface area contributed by atoms with E-state index in [1.165, 1.54) is 0 Å². The van der Waals surface area contributed by atoms with E-state index in [1.807, 2.05) is 11.8 Å². The van der Waals surface area contributed by atoms with Crippen LogP contribution in [0.25, 0.3) is 0 Å². The summed E-state index contributed by atoms with van der Waals surface area (Å²) in [7, 11) is 0. The van der Waals surface area contributed by atoms with Gasteiger partial charge in [-0.1, -0.05) is 0 Å². The Morgan fingerprint density at radius 2 is 1.80 bits per heavy atom. The van der Waals surface area contributed by atoms with E-state index >= 15 is 0 Å². The van der Waals surface area contributed by atoms with Crippen LogP contribution in [0.5, 0.6) is 0 Å². The van der Waals surface area contributed by atoms with Crippen molar-refractivity contribution in [2.75, 3.05) is 46.0 Å². The summed E-state index contributed by atoms with van der Waals surface area (Å²) in [6, 6.07) is 0. The first kappa shape index (κ1) is 16.9. The maximum atomic E-state index is 11.8. The molecule has 1 aliphatic rings. The molecule has 1 aliphatic heterocycles. The Labute approximate surface area is 120 Å². The van der Waals surface area contributed by atoms with Crippen molar-refractivity contribution in [3.05, 3.63) is 0 Å². The highest BCUT2D eigenvalue weighted by atomic mass is 16.5. The van der Waals surface area contributed by atoms with Gasteiger partial charge in [-0.15, -0.1) is 0 Å². The fourth-order valence-electron chi connectivity index (χ4n) is 2.05. The smallest absolute Gasteiger partial charge is 0.305 e. The van der Waals surface area contributed by atoms with Gasteiger partial charge in [-0.3, -0.25) is 9.59 Å². The first-order valence-corrected chi connectivity index (χ1v) is 7.46. The highest BCUT2D eigenvalue weighted by Gasteiger charge is 2.15. The van der Waals surface area contributed by atoms with Gasteiger partial charge in [0.15, 0.2) is 0 Å². The summed E-state index contributed by atoms with van der Waals surface area (Å²) in [4.78, 5) is 24.8. The molecule has 1 heterocycles. The van der Waals surface area contributed by atoms with Gasteiger partial charge < -0.3 is 19.7 Å². The summed E-state index contributed by atoms with van der Waals surface area (Å²) in [5.41, 5.74) is 0. The Kier molecular flexibility index (Phi) is 8.98. The molecule has 6 heteroatoms. The van der Waals surface area contributed by atoms with Crippen LogP contribution in [0, 0.1) is 0 Å². The van der Waals surface area contributed by atoms with E-state index in [0.717, 1.165) is 25.9 Å². The Balaban J connectivity index is 1.91. The number of nitrogens with one attached hydrogen (secondary N) is 1. The standard InChI is InChI=1S/C14H26N2O4/c1-2-20-14(18)6-4-8-15-7-3-5-13(17)16-9-11-19-12-10-16/h15H,2-12H2,1H3. The van der Waals surface area contributed by atoms with Crippen LogP contribution in [0.4, 0.5) is 0 Å². The highest BCUT2D eigenvalue weighted by molar-refractivity contribution is 5.76. The Bertz CT molecular complexity index is 291. The van der Waals surface area contributed by atoms with Gasteiger partial charge >= 0.3 is 5.97 Å². The van der Waals surface area contributed by atoms with Gasteiger partial charge in [-0.05, 0) is 32.9 Å². The predicted molar refractivity (Wildman–Crippen MR) is 75.4 cm³/mol. The molecule has 0 atom stereocenters. The van der Waals surface area contributed by atoms with Crippen molar-refractivity contribution >= 4 is 11.9 Å². The SMILES string of the molecule is CCOC(=O)CCCNCCCC(=O)N1CCOCC1. The number of hydrogen-bond donors (Lipinski definition) is 1. The third-order valence-corrected chi connectivity index (χ3v) is 3.15. The van der Waals surface area contributed by atoms with Gasteiger partial charge in [0.05, 0.1) is 19.8 Å². The fourth-order valence-corrected chi connectivity index (χ4v) is 2.05. The van der Waals surface area contributed by atoms with E-state index in [-0.39, 0.29) is 11.9 Å². The van der Waals surface area contributed by atoms with Crippen molar-refractivity contribution < 1.29 is 19.1 Å². The van der Waals surface area contributed by atoms with Gasteiger partial charge in [0.1, 0.15) is 0 Å². The van der Waals surface area contributed by atoms with Crippen LogP contribution in [0.2, 0.25) is 0 Å².